The molecule has 2 atom stereocenters. The maximum atomic E-state index is 9.51. The summed E-state index contributed by atoms with van der Waals surface area (Å²) in [5, 5.41) is 15.4. The first-order valence-electron chi connectivity index (χ1n) is 9.60. The van der Waals surface area contributed by atoms with Crippen molar-refractivity contribution in [2.45, 2.75) is 43.9 Å². The molecule has 2 unspecified atom stereocenters. The van der Waals surface area contributed by atoms with Gasteiger partial charge in [-0.1, -0.05) is 24.3 Å². The fourth-order valence-corrected chi connectivity index (χ4v) is 4.51. The van der Waals surface area contributed by atoms with Crippen LogP contribution in [0.5, 0.6) is 5.75 Å². The summed E-state index contributed by atoms with van der Waals surface area (Å²) in [5.74, 6) is 0.769. The zero-order chi connectivity index (χ0) is 18.2. The minimum Gasteiger partial charge on any atom is -0.490 e. The first-order chi connectivity index (χ1) is 13.3. The van der Waals surface area contributed by atoms with Gasteiger partial charge < -0.3 is 10.1 Å². The molecule has 2 saturated heterocycles. The molecule has 0 amide bonds. The van der Waals surface area contributed by atoms with Gasteiger partial charge in [0.15, 0.2) is 0 Å². The molecule has 2 aliphatic heterocycles. The highest BCUT2D eigenvalue weighted by Crippen LogP contribution is 2.33. The smallest absolute Gasteiger partial charge is 0.121 e. The Kier molecular flexibility index (Phi) is 4.03. The van der Waals surface area contributed by atoms with Crippen molar-refractivity contribution in [1.82, 2.24) is 10.3 Å². The Hall–Kier alpha value is -2.90. The number of rotatable bonds is 3. The molecule has 2 bridgehead atoms. The van der Waals surface area contributed by atoms with E-state index in [1.807, 2.05) is 42.6 Å². The van der Waals surface area contributed by atoms with Gasteiger partial charge in [0.2, 0.25) is 0 Å². The summed E-state index contributed by atoms with van der Waals surface area (Å²) >= 11 is 0. The number of piperidine rings is 1. The lowest BCUT2D eigenvalue weighted by molar-refractivity contribution is 0.137. The van der Waals surface area contributed by atoms with E-state index in [1.54, 1.807) is 0 Å². The lowest BCUT2D eigenvalue weighted by Crippen LogP contribution is -2.42. The predicted octanol–water partition coefficient (Wildman–Crippen LogP) is 4.44. The van der Waals surface area contributed by atoms with Crippen LogP contribution in [0.1, 0.15) is 31.2 Å². The predicted molar refractivity (Wildman–Crippen MR) is 105 cm³/mol. The van der Waals surface area contributed by atoms with Crippen molar-refractivity contribution in [3.05, 3.63) is 60.3 Å². The second kappa shape index (κ2) is 6.68. The van der Waals surface area contributed by atoms with Crippen molar-refractivity contribution < 1.29 is 4.74 Å². The molecule has 0 spiro atoms. The standard InChI is InChI=1S/C23H21N3O/c24-14-15-9-17(23-22-4-2-1-3-16(22)7-8-25-23)11-20(10-15)27-21-12-18-5-6-19(13-21)26-18/h1-4,7-11,18-19,21,26H,5-6,12-13H2. The molecule has 1 N–H and O–H groups in total. The molecule has 0 aliphatic carbocycles. The van der Waals surface area contributed by atoms with Gasteiger partial charge in [-0.3, -0.25) is 4.98 Å². The molecule has 0 radical (unpaired) electrons. The van der Waals surface area contributed by atoms with E-state index < -0.39 is 0 Å². The lowest BCUT2D eigenvalue weighted by atomic mass is 10.0. The van der Waals surface area contributed by atoms with E-state index in [2.05, 4.69) is 28.5 Å². The van der Waals surface area contributed by atoms with Crippen LogP contribution in [0.3, 0.4) is 0 Å². The van der Waals surface area contributed by atoms with Gasteiger partial charge in [-0.25, -0.2) is 0 Å². The SMILES string of the molecule is N#Cc1cc(OC2CC3CCC(C2)N3)cc(-c2nccc3ccccc23)c1. The molecular weight excluding hydrogens is 334 g/mol. The minimum atomic E-state index is 0.214. The highest BCUT2D eigenvalue weighted by atomic mass is 16.5. The Morgan fingerprint density at radius 2 is 1.85 bits per heavy atom. The molecule has 1 aromatic heterocycles. The first-order valence-corrected chi connectivity index (χ1v) is 9.60. The first kappa shape index (κ1) is 16.3. The summed E-state index contributed by atoms with van der Waals surface area (Å²) < 4.78 is 6.33. The summed E-state index contributed by atoms with van der Waals surface area (Å²) in [6.45, 7) is 0. The number of hydrogen-bond donors (Lipinski definition) is 1. The number of fused-ring (bicyclic) bond motifs is 3. The van der Waals surface area contributed by atoms with E-state index in [0.717, 1.165) is 40.6 Å². The Balaban J connectivity index is 1.52. The van der Waals surface area contributed by atoms with Gasteiger partial charge in [-0.15, -0.1) is 0 Å². The quantitative estimate of drug-likeness (QED) is 0.755. The van der Waals surface area contributed by atoms with E-state index in [-0.39, 0.29) is 6.10 Å². The third-order valence-electron chi connectivity index (χ3n) is 5.72. The highest BCUT2D eigenvalue weighted by Gasteiger charge is 2.34. The molecular formula is C23H21N3O. The average molecular weight is 355 g/mol. The van der Waals surface area contributed by atoms with Gasteiger partial charge in [-0.05, 0) is 55.3 Å². The summed E-state index contributed by atoms with van der Waals surface area (Å²) in [7, 11) is 0. The molecule has 2 fully saturated rings. The normalized spacial score (nSPS) is 23.9. The molecule has 3 heterocycles. The summed E-state index contributed by atoms with van der Waals surface area (Å²) in [6.07, 6.45) is 6.60. The molecule has 3 aromatic rings. The number of ether oxygens (including phenoxy) is 1. The number of benzene rings is 2. The van der Waals surface area contributed by atoms with E-state index in [0.29, 0.717) is 17.6 Å². The van der Waals surface area contributed by atoms with Crippen LogP contribution < -0.4 is 10.1 Å². The molecule has 2 aliphatic rings. The number of nitrogens with one attached hydrogen (secondary N) is 1. The van der Waals surface area contributed by atoms with Crippen LogP contribution in [-0.4, -0.2) is 23.2 Å². The monoisotopic (exact) mass is 355 g/mol. The van der Waals surface area contributed by atoms with E-state index >= 15 is 0 Å². The Morgan fingerprint density at radius 1 is 1.04 bits per heavy atom. The second-order valence-corrected chi connectivity index (χ2v) is 7.59. The second-order valence-electron chi connectivity index (χ2n) is 7.59. The van der Waals surface area contributed by atoms with Crippen molar-refractivity contribution in [3.8, 4) is 23.1 Å². The summed E-state index contributed by atoms with van der Waals surface area (Å²) in [6, 6.07) is 19.4. The zero-order valence-corrected chi connectivity index (χ0v) is 15.1. The molecule has 27 heavy (non-hydrogen) atoms. The molecule has 5 rings (SSSR count). The fraction of sp³-hybridized carbons (Fsp3) is 0.304. The maximum Gasteiger partial charge on any atom is 0.121 e. The van der Waals surface area contributed by atoms with Crippen molar-refractivity contribution in [1.29, 1.82) is 5.26 Å². The molecule has 4 heteroatoms. The van der Waals surface area contributed by atoms with Crippen LogP contribution in [0.25, 0.3) is 22.0 Å². The molecule has 2 aromatic carbocycles. The largest absolute Gasteiger partial charge is 0.490 e. The van der Waals surface area contributed by atoms with Gasteiger partial charge >= 0.3 is 0 Å². The number of nitriles is 1. The van der Waals surface area contributed by atoms with Gasteiger partial charge in [-0.2, -0.15) is 5.26 Å². The van der Waals surface area contributed by atoms with Crippen molar-refractivity contribution in [2.75, 3.05) is 0 Å². The van der Waals surface area contributed by atoms with Crippen molar-refractivity contribution >= 4 is 10.8 Å². The van der Waals surface area contributed by atoms with Gasteiger partial charge in [0, 0.05) is 29.2 Å². The van der Waals surface area contributed by atoms with Crippen LogP contribution in [0.2, 0.25) is 0 Å². The third-order valence-corrected chi connectivity index (χ3v) is 5.72. The molecule has 0 saturated carbocycles. The topological polar surface area (TPSA) is 57.9 Å². The van der Waals surface area contributed by atoms with E-state index in [9.17, 15) is 5.26 Å². The highest BCUT2D eigenvalue weighted by molar-refractivity contribution is 5.94. The number of aromatic nitrogens is 1. The Bertz CT molecular complexity index is 1020. The number of nitrogens with zero attached hydrogens (tertiary/aromatic N) is 2. The van der Waals surface area contributed by atoms with Gasteiger partial charge in [0.1, 0.15) is 11.9 Å². The number of pyridine rings is 1. The van der Waals surface area contributed by atoms with Crippen LogP contribution in [0.15, 0.2) is 54.7 Å². The van der Waals surface area contributed by atoms with Gasteiger partial charge in [0.25, 0.3) is 0 Å². The van der Waals surface area contributed by atoms with Crippen LogP contribution in [0.4, 0.5) is 0 Å². The van der Waals surface area contributed by atoms with Crippen molar-refractivity contribution in [3.63, 3.8) is 0 Å². The number of hydrogen-bond acceptors (Lipinski definition) is 4. The average Bonchev–Trinajstić information content (AvgIpc) is 3.05. The van der Waals surface area contributed by atoms with E-state index in [1.165, 1.54) is 12.8 Å². The minimum absolute atomic E-state index is 0.214. The Morgan fingerprint density at radius 3 is 2.67 bits per heavy atom. The van der Waals surface area contributed by atoms with Crippen LogP contribution in [0, 0.1) is 11.3 Å². The fourth-order valence-electron chi connectivity index (χ4n) is 4.51. The maximum absolute atomic E-state index is 9.51. The Labute approximate surface area is 158 Å². The van der Waals surface area contributed by atoms with Crippen LogP contribution >= 0.6 is 0 Å². The third kappa shape index (κ3) is 3.15. The molecule has 134 valence electrons. The summed E-state index contributed by atoms with van der Waals surface area (Å²) in [4.78, 5) is 4.60. The summed E-state index contributed by atoms with van der Waals surface area (Å²) in [5.41, 5.74) is 2.42. The van der Waals surface area contributed by atoms with Crippen LogP contribution in [-0.2, 0) is 0 Å². The lowest BCUT2D eigenvalue weighted by Gasteiger charge is -2.29. The molecule has 4 nitrogen and oxygen atoms in total. The zero-order valence-electron chi connectivity index (χ0n) is 15.1. The van der Waals surface area contributed by atoms with Gasteiger partial charge in [0.05, 0.1) is 17.3 Å². The van der Waals surface area contributed by atoms with Crippen molar-refractivity contribution in [2.24, 2.45) is 0 Å². The van der Waals surface area contributed by atoms with E-state index in [4.69, 9.17) is 4.74 Å².